The number of H-pyrrole nitrogens is 2. The standard InChI is InChI=1S/C23H21ClF2N6O2S/c24-14-4-5-15(25)19(20(14)26)21-22(27-9-18(34)31-7-1-2-13(33)10-31)30-23(35)32(21)12-3-6-16-17(8-12)29-11-28-16/h3-6,8,11,13,27,33H,1-2,7,9-10H2,(H,28,29)(H,30,35). The van der Waals surface area contributed by atoms with Crippen molar-refractivity contribution in [1.29, 1.82) is 0 Å². The lowest BCUT2D eigenvalue weighted by Gasteiger charge is -2.30. The molecule has 1 amide bonds. The SMILES string of the molecule is O=C(CNc1[nH]c(=S)n(-c2ccc3nc[nH]c3c2)c1-c1c(F)ccc(Cl)c1F)N1CCCC(O)C1. The van der Waals surface area contributed by atoms with Gasteiger partial charge in [-0.15, -0.1) is 0 Å². The van der Waals surface area contributed by atoms with Crippen molar-refractivity contribution in [3.63, 3.8) is 0 Å². The molecule has 8 nitrogen and oxygen atoms in total. The van der Waals surface area contributed by atoms with Gasteiger partial charge in [-0.2, -0.15) is 0 Å². The van der Waals surface area contributed by atoms with Crippen LogP contribution in [0, 0.1) is 16.4 Å². The Labute approximate surface area is 208 Å². The number of aromatic amines is 2. The molecule has 35 heavy (non-hydrogen) atoms. The van der Waals surface area contributed by atoms with E-state index in [1.807, 2.05) is 0 Å². The van der Waals surface area contributed by atoms with Crippen molar-refractivity contribution in [2.45, 2.75) is 18.9 Å². The van der Waals surface area contributed by atoms with Crippen molar-refractivity contribution >= 4 is 46.6 Å². The van der Waals surface area contributed by atoms with Crippen LogP contribution in [0.2, 0.25) is 5.02 Å². The lowest BCUT2D eigenvalue weighted by atomic mass is 10.1. The van der Waals surface area contributed by atoms with Gasteiger partial charge in [0.15, 0.2) is 10.6 Å². The van der Waals surface area contributed by atoms with Crippen LogP contribution >= 0.6 is 23.8 Å². The molecule has 3 heterocycles. The number of aromatic nitrogens is 4. The number of nitrogens with zero attached hydrogens (tertiary/aromatic N) is 3. The molecule has 12 heteroatoms. The van der Waals surface area contributed by atoms with E-state index >= 15 is 8.78 Å². The van der Waals surface area contributed by atoms with Crippen LogP contribution in [-0.4, -0.2) is 61.2 Å². The summed E-state index contributed by atoms with van der Waals surface area (Å²) in [4.78, 5) is 24.4. The van der Waals surface area contributed by atoms with E-state index in [0.29, 0.717) is 36.1 Å². The molecule has 182 valence electrons. The molecule has 4 N–H and O–H groups in total. The second-order valence-electron chi connectivity index (χ2n) is 8.30. The Morgan fingerprint density at radius 2 is 2.14 bits per heavy atom. The number of rotatable bonds is 5. The lowest BCUT2D eigenvalue weighted by Crippen LogP contribution is -2.44. The highest BCUT2D eigenvalue weighted by Crippen LogP contribution is 2.37. The monoisotopic (exact) mass is 518 g/mol. The third kappa shape index (κ3) is 4.42. The van der Waals surface area contributed by atoms with Gasteiger partial charge in [0.1, 0.15) is 17.3 Å². The summed E-state index contributed by atoms with van der Waals surface area (Å²) in [5.41, 5.74) is 1.60. The summed E-state index contributed by atoms with van der Waals surface area (Å²) in [6, 6.07) is 7.43. The first-order valence-electron chi connectivity index (χ1n) is 11.0. The highest BCUT2D eigenvalue weighted by Gasteiger charge is 2.26. The van der Waals surface area contributed by atoms with Gasteiger partial charge in [0.05, 0.1) is 46.3 Å². The minimum Gasteiger partial charge on any atom is -0.391 e. The predicted octanol–water partition coefficient (Wildman–Crippen LogP) is 4.40. The summed E-state index contributed by atoms with van der Waals surface area (Å²) in [6.07, 6.45) is 2.32. The maximum Gasteiger partial charge on any atom is 0.242 e. The number of aliphatic hydroxyl groups excluding tert-OH is 1. The molecular formula is C23H21ClF2N6O2S. The minimum atomic E-state index is -0.953. The summed E-state index contributed by atoms with van der Waals surface area (Å²) in [5, 5.41) is 12.6. The molecular weight excluding hydrogens is 498 g/mol. The summed E-state index contributed by atoms with van der Waals surface area (Å²) in [7, 11) is 0. The number of aliphatic hydroxyl groups is 1. The maximum atomic E-state index is 15.2. The molecule has 1 saturated heterocycles. The van der Waals surface area contributed by atoms with Crippen LogP contribution in [0.15, 0.2) is 36.7 Å². The van der Waals surface area contributed by atoms with E-state index in [-0.39, 0.29) is 40.3 Å². The van der Waals surface area contributed by atoms with Gasteiger partial charge in [0, 0.05) is 13.1 Å². The van der Waals surface area contributed by atoms with E-state index < -0.39 is 23.3 Å². The molecule has 0 radical (unpaired) electrons. The number of imidazole rings is 2. The molecule has 1 aliphatic rings. The van der Waals surface area contributed by atoms with E-state index in [9.17, 15) is 9.90 Å². The highest BCUT2D eigenvalue weighted by molar-refractivity contribution is 7.71. The maximum absolute atomic E-state index is 15.2. The van der Waals surface area contributed by atoms with E-state index in [2.05, 4.69) is 20.3 Å². The first kappa shape index (κ1) is 23.5. The number of benzene rings is 2. The second kappa shape index (κ2) is 9.40. The Morgan fingerprint density at radius 1 is 1.31 bits per heavy atom. The number of hydrogen-bond donors (Lipinski definition) is 4. The molecule has 0 spiro atoms. The van der Waals surface area contributed by atoms with Crippen molar-refractivity contribution in [3.8, 4) is 16.9 Å². The zero-order valence-electron chi connectivity index (χ0n) is 18.3. The van der Waals surface area contributed by atoms with Crippen LogP contribution in [0.5, 0.6) is 0 Å². The van der Waals surface area contributed by atoms with Crippen LogP contribution in [-0.2, 0) is 4.79 Å². The summed E-state index contributed by atoms with van der Waals surface area (Å²) in [6.45, 7) is 0.605. The number of carbonyl (C=O) groups is 1. The van der Waals surface area contributed by atoms with Crippen LogP contribution in [0.25, 0.3) is 28.0 Å². The number of piperidine rings is 1. The van der Waals surface area contributed by atoms with Crippen molar-refractivity contribution in [2.24, 2.45) is 0 Å². The molecule has 1 fully saturated rings. The third-order valence-corrected chi connectivity index (χ3v) is 6.58. The molecule has 1 aliphatic heterocycles. The Hall–Kier alpha value is -3.28. The number of halogens is 3. The number of β-amino-alcohol motifs (C(OH)–C–C–N with tert-alkyl or cyclic N) is 1. The summed E-state index contributed by atoms with van der Waals surface area (Å²) in [5.74, 6) is -1.89. The smallest absolute Gasteiger partial charge is 0.242 e. The number of fused-ring (bicyclic) bond motifs is 1. The Balaban J connectivity index is 1.60. The summed E-state index contributed by atoms with van der Waals surface area (Å²) >= 11 is 11.5. The number of hydrogen-bond acceptors (Lipinski definition) is 5. The molecule has 1 atom stereocenters. The largest absolute Gasteiger partial charge is 0.391 e. The Kier molecular flexibility index (Phi) is 6.30. The average molecular weight is 519 g/mol. The van der Waals surface area contributed by atoms with Gasteiger partial charge in [-0.05, 0) is 55.4 Å². The number of anilines is 1. The first-order valence-corrected chi connectivity index (χ1v) is 11.7. The van der Waals surface area contributed by atoms with Crippen LogP contribution in [0.1, 0.15) is 12.8 Å². The fraction of sp³-hybridized carbons (Fsp3) is 0.261. The van der Waals surface area contributed by atoms with E-state index in [1.165, 1.54) is 10.9 Å². The molecule has 2 aromatic heterocycles. The summed E-state index contributed by atoms with van der Waals surface area (Å²) < 4.78 is 31.9. The molecule has 5 rings (SSSR count). The van der Waals surface area contributed by atoms with Crippen LogP contribution in [0.3, 0.4) is 0 Å². The van der Waals surface area contributed by atoms with Gasteiger partial charge < -0.3 is 25.3 Å². The van der Waals surface area contributed by atoms with Crippen molar-refractivity contribution in [1.82, 2.24) is 24.4 Å². The first-order chi connectivity index (χ1) is 16.8. The zero-order chi connectivity index (χ0) is 24.7. The molecule has 1 unspecified atom stereocenters. The highest BCUT2D eigenvalue weighted by atomic mass is 35.5. The van der Waals surface area contributed by atoms with Gasteiger partial charge in [-0.1, -0.05) is 11.6 Å². The van der Waals surface area contributed by atoms with E-state index in [1.54, 1.807) is 23.1 Å². The van der Waals surface area contributed by atoms with Gasteiger partial charge >= 0.3 is 0 Å². The van der Waals surface area contributed by atoms with E-state index in [0.717, 1.165) is 12.1 Å². The molecule has 2 aromatic carbocycles. The topological polar surface area (TPSA) is 102 Å². The third-order valence-electron chi connectivity index (χ3n) is 6.00. The number of carbonyl (C=O) groups excluding carboxylic acids is 1. The van der Waals surface area contributed by atoms with Gasteiger partial charge in [0.25, 0.3) is 0 Å². The minimum absolute atomic E-state index is 0.0536. The zero-order valence-corrected chi connectivity index (χ0v) is 19.9. The molecule has 0 aliphatic carbocycles. The Bertz CT molecular complexity index is 1480. The number of likely N-dealkylation sites (tertiary alicyclic amines) is 1. The second-order valence-corrected chi connectivity index (χ2v) is 9.09. The van der Waals surface area contributed by atoms with Gasteiger partial charge in [-0.3, -0.25) is 9.36 Å². The average Bonchev–Trinajstić information content (AvgIpc) is 3.43. The fourth-order valence-electron chi connectivity index (χ4n) is 4.31. The van der Waals surface area contributed by atoms with Gasteiger partial charge in [0.2, 0.25) is 5.91 Å². The number of nitrogens with one attached hydrogen (secondary N) is 3. The van der Waals surface area contributed by atoms with Crippen molar-refractivity contribution in [3.05, 3.63) is 58.1 Å². The van der Waals surface area contributed by atoms with E-state index in [4.69, 9.17) is 23.8 Å². The fourth-order valence-corrected chi connectivity index (χ4v) is 4.77. The van der Waals surface area contributed by atoms with Crippen LogP contribution < -0.4 is 5.32 Å². The molecule has 0 saturated carbocycles. The van der Waals surface area contributed by atoms with Gasteiger partial charge in [-0.25, -0.2) is 13.8 Å². The van der Waals surface area contributed by atoms with Crippen molar-refractivity contribution in [2.75, 3.05) is 25.0 Å². The van der Waals surface area contributed by atoms with Crippen LogP contribution in [0.4, 0.5) is 14.6 Å². The molecule has 4 aromatic rings. The Morgan fingerprint density at radius 3 is 2.94 bits per heavy atom. The lowest BCUT2D eigenvalue weighted by molar-refractivity contribution is -0.132. The number of amides is 1. The van der Waals surface area contributed by atoms with Crippen molar-refractivity contribution < 1.29 is 18.7 Å². The predicted molar refractivity (Wildman–Crippen MR) is 131 cm³/mol. The molecule has 0 bridgehead atoms. The quantitative estimate of drug-likeness (QED) is 0.232. The normalized spacial score (nSPS) is 16.1.